The van der Waals surface area contributed by atoms with Crippen molar-refractivity contribution >= 4 is 17.3 Å². The maximum atomic E-state index is 12.9. The molecule has 0 bridgehead atoms. The van der Waals surface area contributed by atoms with E-state index in [1.807, 2.05) is 68.4 Å². The van der Waals surface area contributed by atoms with E-state index >= 15 is 0 Å². The number of para-hydroxylation sites is 1. The van der Waals surface area contributed by atoms with Crippen LogP contribution in [0.2, 0.25) is 0 Å². The molecule has 0 aliphatic heterocycles. The number of hydrogen-bond acceptors (Lipinski definition) is 4. The van der Waals surface area contributed by atoms with Gasteiger partial charge in [-0.25, -0.2) is 0 Å². The van der Waals surface area contributed by atoms with Crippen molar-refractivity contribution < 1.29 is 9.32 Å². The maximum Gasteiger partial charge on any atom is 0.253 e. The molecule has 5 nitrogen and oxygen atoms in total. The van der Waals surface area contributed by atoms with Gasteiger partial charge in [0.1, 0.15) is 11.4 Å². The lowest BCUT2D eigenvalue weighted by Crippen LogP contribution is -2.28. The molecule has 26 heavy (non-hydrogen) atoms. The molecule has 0 radical (unpaired) electrons. The number of amides is 1. The molecule has 0 aliphatic rings. The summed E-state index contributed by atoms with van der Waals surface area (Å²) in [5.41, 5.74) is 3.96. The van der Waals surface area contributed by atoms with Gasteiger partial charge < -0.3 is 15.2 Å². The average Bonchev–Trinajstić information content (AvgIpc) is 2.99. The van der Waals surface area contributed by atoms with Crippen molar-refractivity contribution in [3.05, 3.63) is 77.2 Å². The molecule has 3 rings (SSSR count). The first-order valence-electron chi connectivity index (χ1n) is 8.75. The smallest absolute Gasteiger partial charge is 0.253 e. The van der Waals surface area contributed by atoms with E-state index in [-0.39, 0.29) is 11.9 Å². The van der Waals surface area contributed by atoms with Crippen molar-refractivity contribution in [2.24, 2.45) is 0 Å². The summed E-state index contributed by atoms with van der Waals surface area (Å²) in [4.78, 5) is 12.9. The van der Waals surface area contributed by atoms with Gasteiger partial charge in [0.15, 0.2) is 5.76 Å². The Morgan fingerprint density at radius 2 is 1.77 bits per heavy atom. The highest BCUT2D eigenvalue weighted by Gasteiger charge is 2.18. The van der Waals surface area contributed by atoms with E-state index in [0.29, 0.717) is 11.3 Å². The highest BCUT2D eigenvalue weighted by atomic mass is 16.5. The first-order valence-corrected chi connectivity index (χ1v) is 8.75. The molecule has 3 aromatic rings. The number of nitrogens with one attached hydrogen (secondary N) is 2. The Morgan fingerprint density at radius 1 is 1.08 bits per heavy atom. The SMILES string of the molecule is CCC(NC(=O)c1ccccc1Nc1c(C)noc1C)c1ccccc1. The Balaban J connectivity index is 1.84. The third-order valence-electron chi connectivity index (χ3n) is 4.38. The van der Waals surface area contributed by atoms with Crippen LogP contribution in [0.1, 0.15) is 46.8 Å². The van der Waals surface area contributed by atoms with Crippen LogP contribution in [0.25, 0.3) is 0 Å². The van der Waals surface area contributed by atoms with Gasteiger partial charge in [-0.1, -0.05) is 54.5 Å². The van der Waals surface area contributed by atoms with Crippen LogP contribution in [0, 0.1) is 13.8 Å². The molecule has 0 aliphatic carbocycles. The van der Waals surface area contributed by atoms with E-state index in [9.17, 15) is 4.79 Å². The number of hydrogen-bond donors (Lipinski definition) is 2. The molecule has 1 unspecified atom stereocenters. The summed E-state index contributed by atoms with van der Waals surface area (Å²) in [6, 6.07) is 17.4. The minimum Gasteiger partial charge on any atom is -0.359 e. The Morgan fingerprint density at radius 3 is 2.42 bits per heavy atom. The van der Waals surface area contributed by atoms with Crippen molar-refractivity contribution in [1.29, 1.82) is 0 Å². The summed E-state index contributed by atoms with van der Waals surface area (Å²) in [7, 11) is 0. The van der Waals surface area contributed by atoms with Gasteiger partial charge in [-0.3, -0.25) is 4.79 Å². The molecular formula is C21H23N3O2. The highest BCUT2D eigenvalue weighted by molar-refractivity contribution is 6.00. The van der Waals surface area contributed by atoms with Crippen LogP contribution in [-0.2, 0) is 0 Å². The highest BCUT2D eigenvalue weighted by Crippen LogP contribution is 2.27. The van der Waals surface area contributed by atoms with Gasteiger partial charge in [-0.05, 0) is 38.0 Å². The van der Waals surface area contributed by atoms with Crippen LogP contribution in [0.4, 0.5) is 11.4 Å². The molecule has 134 valence electrons. The predicted molar refractivity (Wildman–Crippen MR) is 103 cm³/mol. The van der Waals surface area contributed by atoms with Crippen LogP contribution < -0.4 is 10.6 Å². The number of aromatic nitrogens is 1. The van der Waals surface area contributed by atoms with Gasteiger partial charge in [0.05, 0.1) is 17.3 Å². The fraction of sp³-hybridized carbons (Fsp3) is 0.238. The molecular weight excluding hydrogens is 326 g/mol. The number of aryl methyl sites for hydroxylation is 2. The maximum absolute atomic E-state index is 12.9. The Bertz CT molecular complexity index is 868. The van der Waals surface area contributed by atoms with Crippen molar-refractivity contribution in [3.63, 3.8) is 0 Å². The summed E-state index contributed by atoms with van der Waals surface area (Å²) in [5.74, 6) is 0.573. The summed E-state index contributed by atoms with van der Waals surface area (Å²) < 4.78 is 5.19. The minimum absolute atomic E-state index is 0.0316. The van der Waals surface area contributed by atoms with Gasteiger partial charge in [-0.15, -0.1) is 0 Å². The van der Waals surface area contributed by atoms with Crippen LogP contribution in [0.15, 0.2) is 59.1 Å². The molecule has 2 N–H and O–H groups in total. The Labute approximate surface area is 153 Å². The molecule has 1 heterocycles. The topological polar surface area (TPSA) is 67.2 Å². The second kappa shape index (κ2) is 7.87. The van der Waals surface area contributed by atoms with Crippen LogP contribution in [0.3, 0.4) is 0 Å². The fourth-order valence-electron chi connectivity index (χ4n) is 2.93. The summed E-state index contributed by atoms with van der Waals surface area (Å²) in [6.07, 6.45) is 0.815. The van der Waals surface area contributed by atoms with E-state index in [1.165, 1.54) is 0 Å². The largest absolute Gasteiger partial charge is 0.359 e. The number of rotatable bonds is 6. The fourth-order valence-corrected chi connectivity index (χ4v) is 2.93. The van der Waals surface area contributed by atoms with Gasteiger partial charge in [0, 0.05) is 0 Å². The predicted octanol–water partition coefficient (Wildman–Crippen LogP) is 4.92. The van der Waals surface area contributed by atoms with Crippen molar-refractivity contribution in [3.8, 4) is 0 Å². The second-order valence-electron chi connectivity index (χ2n) is 6.21. The van der Waals surface area contributed by atoms with E-state index in [0.717, 1.165) is 29.1 Å². The molecule has 1 amide bonds. The van der Waals surface area contributed by atoms with Gasteiger partial charge in [0.25, 0.3) is 5.91 Å². The first-order chi connectivity index (χ1) is 12.6. The van der Waals surface area contributed by atoms with Gasteiger partial charge in [-0.2, -0.15) is 0 Å². The zero-order valence-corrected chi connectivity index (χ0v) is 15.2. The molecule has 0 saturated heterocycles. The monoisotopic (exact) mass is 349 g/mol. The van der Waals surface area contributed by atoms with E-state index in [1.54, 1.807) is 0 Å². The number of nitrogens with zero attached hydrogens (tertiary/aromatic N) is 1. The quantitative estimate of drug-likeness (QED) is 0.663. The average molecular weight is 349 g/mol. The Kier molecular flexibility index (Phi) is 5.37. The van der Waals surface area contributed by atoms with Gasteiger partial charge in [0.2, 0.25) is 0 Å². The van der Waals surface area contributed by atoms with Crippen molar-refractivity contribution in [1.82, 2.24) is 10.5 Å². The normalized spacial score (nSPS) is 11.8. The zero-order valence-electron chi connectivity index (χ0n) is 15.2. The summed E-state index contributed by atoms with van der Waals surface area (Å²) in [5, 5.41) is 10.4. The number of carbonyl (C=O) groups excluding carboxylic acids is 1. The molecule has 2 aromatic carbocycles. The van der Waals surface area contributed by atoms with Crippen LogP contribution in [-0.4, -0.2) is 11.1 Å². The molecule has 0 saturated carbocycles. The lowest BCUT2D eigenvalue weighted by molar-refractivity contribution is 0.0936. The van der Waals surface area contributed by atoms with Gasteiger partial charge >= 0.3 is 0 Å². The zero-order chi connectivity index (χ0) is 18.5. The molecule has 5 heteroatoms. The minimum atomic E-state index is -0.115. The van der Waals surface area contributed by atoms with Crippen molar-refractivity contribution in [2.75, 3.05) is 5.32 Å². The third kappa shape index (κ3) is 3.77. The van der Waals surface area contributed by atoms with Crippen LogP contribution >= 0.6 is 0 Å². The first kappa shape index (κ1) is 17.7. The second-order valence-corrected chi connectivity index (χ2v) is 6.21. The molecule has 0 fully saturated rings. The van der Waals surface area contributed by atoms with E-state index < -0.39 is 0 Å². The van der Waals surface area contributed by atoms with E-state index in [4.69, 9.17) is 4.52 Å². The summed E-state index contributed by atoms with van der Waals surface area (Å²) >= 11 is 0. The molecule has 1 aromatic heterocycles. The third-order valence-corrected chi connectivity index (χ3v) is 4.38. The lowest BCUT2D eigenvalue weighted by Gasteiger charge is -2.19. The number of carbonyl (C=O) groups is 1. The number of anilines is 2. The number of benzene rings is 2. The lowest BCUT2D eigenvalue weighted by atomic mass is 10.0. The Hall–Kier alpha value is -3.08. The molecule has 0 spiro atoms. The standard InChI is InChI=1S/C21H23N3O2/c1-4-18(16-10-6-5-7-11-16)23-21(25)17-12-8-9-13-19(17)22-20-14(2)24-26-15(20)3/h5-13,18,22H,4H2,1-3H3,(H,23,25). The van der Waals surface area contributed by atoms with Crippen LogP contribution in [0.5, 0.6) is 0 Å². The molecule has 1 atom stereocenters. The van der Waals surface area contributed by atoms with Crippen molar-refractivity contribution in [2.45, 2.75) is 33.2 Å². The summed E-state index contributed by atoms with van der Waals surface area (Å²) in [6.45, 7) is 5.77. The van der Waals surface area contributed by atoms with E-state index in [2.05, 4.69) is 22.7 Å².